The summed E-state index contributed by atoms with van der Waals surface area (Å²) in [6, 6.07) is 25.5. The van der Waals surface area contributed by atoms with E-state index >= 15 is 0 Å². The van der Waals surface area contributed by atoms with Gasteiger partial charge in [0, 0.05) is 25.0 Å². The van der Waals surface area contributed by atoms with Crippen molar-refractivity contribution in [3.05, 3.63) is 101 Å². The number of halogens is 1. The first-order valence-electron chi connectivity index (χ1n) is 10.0. The lowest BCUT2D eigenvalue weighted by molar-refractivity contribution is -0.142. The van der Waals surface area contributed by atoms with E-state index in [-0.39, 0.29) is 18.4 Å². The molecule has 0 bridgehead atoms. The van der Waals surface area contributed by atoms with Crippen molar-refractivity contribution < 1.29 is 14.3 Å². The summed E-state index contributed by atoms with van der Waals surface area (Å²) in [7, 11) is 1.58. The van der Waals surface area contributed by atoms with Gasteiger partial charge in [0.1, 0.15) is 11.8 Å². The molecule has 0 aromatic heterocycles. The molecule has 0 aliphatic rings. The zero-order chi connectivity index (χ0) is 22.1. The van der Waals surface area contributed by atoms with Gasteiger partial charge in [0.25, 0.3) is 5.91 Å². The largest absolute Gasteiger partial charge is 0.484 e. The topological polar surface area (TPSA) is 58.6 Å². The van der Waals surface area contributed by atoms with E-state index in [0.717, 1.165) is 11.1 Å². The van der Waals surface area contributed by atoms with E-state index in [1.807, 2.05) is 60.7 Å². The van der Waals surface area contributed by atoms with E-state index in [2.05, 4.69) is 5.32 Å². The molecule has 0 saturated heterocycles. The summed E-state index contributed by atoms with van der Waals surface area (Å²) in [4.78, 5) is 27.6. The Balaban J connectivity index is 1.84. The summed E-state index contributed by atoms with van der Waals surface area (Å²) in [5.41, 5.74) is 1.90. The maximum absolute atomic E-state index is 13.2. The molecule has 0 aliphatic carbocycles. The average Bonchev–Trinajstić information content (AvgIpc) is 2.80. The second-order valence-corrected chi connectivity index (χ2v) is 7.51. The standard InChI is InChI=1S/C25H25ClN2O3/c1-27-25(30)23(15-19-9-4-2-5-10-19)28(17-20-11-6-3-7-12-20)24(29)18-31-22-14-8-13-21(26)16-22/h2-14,16,23H,15,17-18H2,1H3,(H,27,30)/t23-/m1/s1. The Morgan fingerprint density at radius 2 is 1.58 bits per heavy atom. The van der Waals surface area contributed by atoms with Crippen molar-refractivity contribution in [2.45, 2.75) is 19.0 Å². The minimum Gasteiger partial charge on any atom is -0.484 e. The van der Waals surface area contributed by atoms with Gasteiger partial charge in [0.2, 0.25) is 5.91 Å². The highest BCUT2D eigenvalue weighted by Gasteiger charge is 2.30. The van der Waals surface area contributed by atoms with Crippen molar-refractivity contribution >= 4 is 23.4 Å². The minimum atomic E-state index is -0.678. The number of carbonyl (C=O) groups is 2. The number of likely N-dealkylation sites (N-methyl/N-ethyl adjacent to an activating group) is 1. The van der Waals surface area contributed by atoms with E-state index < -0.39 is 6.04 Å². The lowest BCUT2D eigenvalue weighted by Gasteiger charge is -2.31. The second-order valence-electron chi connectivity index (χ2n) is 7.07. The zero-order valence-electron chi connectivity index (χ0n) is 17.3. The van der Waals surface area contributed by atoms with Gasteiger partial charge < -0.3 is 15.0 Å². The van der Waals surface area contributed by atoms with Gasteiger partial charge in [-0.05, 0) is 29.3 Å². The van der Waals surface area contributed by atoms with Crippen LogP contribution < -0.4 is 10.1 Å². The first-order chi connectivity index (χ1) is 15.1. The summed E-state index contributed by atoms with van der Waals surface area (Å²) < 4.78 is 5.67. The highest BCUT2D eigenvalue weighted by molar-refractivity contribution is 6.30. The molecule has 160 valence electrons. The highest BCUT2D eigenvalue weighted by atomic mass is 35.5. The molecule has 0 radical (unpaired) electrons. The van der Waals surface area contributed by atoms with Gasteiger partial charge in [-0.2, -0.15) is 0 Å². The molecular formula is C25H25ClN2O3. The van der Waals surface area contributed by atoms with Gasteiger partial charge in [-0.15, -0.1) is 0 Å². The van der Waals surface area contributed by atoms with Crippen LogP contribution >= 0.6 is 11.6 Å². The maximum atomic E-state index is 13.2. The molecule has 3 aromatic rings. The Morgan fingerprint density at radius 3 is 2.19 bits per heavy atom. The number of nitrogens with zero attached hydrogens (tertiary/aromatic N) is 1. The van der Waals surface area contributed by atoms with Crippen molar-refractivity contribution in [2.75, 3.05) is 13.7 Å². The number of hydrogen-bond acceptors (Lipinski definition) is 3. The van der Waals surface area contributed by atoms with Gasteiger partial charge >= 0.3 is 0 Å². The lowest BCUT2D eigenvalue weighted by atomic mass is 10.0. The lowest BCUT2D eigenvalue weighted by Crippen LogP contribution is -2.51. The Bertz CT molecular complexity index is 996. The van der Waals surface area contributed by atoms with E-state index in [0.29, 0.717) is 23.7 Å². The summed E-state index contributed by atoms with van der Waals surface area (Å²) in [5, 5.41) is 3.22. The van der Waals surface area contributed by atoms with Crippen LogP contribution in [0.1, 0.15) is 11.1 Å². The molecule has 5 nitrogen and oxygen atoms in total. The molecule has 1 N–H and O–H groups in total. The molecule has 0 fully saturated rings. The Morgan fingerprint density at radius 1 is 0.935 bits per heavy atom. The molecule has 3 aromatic carbocycles. The Labute approximate surface area is 187 Å². The van der Waals surface area contributed by atoms with Crippen molar-refractivity contribution in [2.24, 2.45) is 0 Å². The smallest absolute Gasteiger partial charge is 0.261 e. The molecular weight excluding hydrogens is 412 g/mol. The SMILES string of the molecule is CNC(=O)[C@@H](Cc1ccccc1)N(Cc1ccccc1)C(=O)COc1cccc(Cl)c1. The quantitative estimate of drug-likeness (QED) is 0.549. The van der Waals surface area contributed by atoms with Gasteiger partial charge in [0.15, 0.2) is 6.61 Å². The molecule has 1 atom stereocenters. The number of benzene rings is 3. The van der Waals surface area contributed by atoms with Crippen LogP contribution in [0.3, 0.4) is 0 Å². The van der Waals surface area contributed by atoms with Gasteiger partial charge in [0.05, 0.1) is 0 Å². The number of hydrogen-bond donors (Lipinski definition) is 1. The van der Waals surface area contributed by atoms with Gasteiger partial charge in [-0.25, -0.2) is 0 Å². The predicted octanol–water partition coefficient (Wildman–Crippen LogP) is 4.10. The van der Waals surface area contributed by atoms with Crippen molar-refractivity contribution in [1.82, 2.24) is 10.2 Å². The number of carbonyl (C=O) groups excluding carboxylic acids is 2. The summed E-state index contributed by atoms with van der Waals surface area (Å²) in [6.07, 6.45) is 0.399. The number of amides is 2. The molecule has 3 rings (SSSR count). The fraction of sp³-hybridized carbons (Fsp3) is 0.200. The highest BCUT2D eigenvalue weighted by Crippen LogP contribution is 2.19. The molecule has 6 heteroatoms. The van der Waals surface area contributed by atoms with E-state index in [1.165, 1.54) is 0 Å². The van der Waals surface area contributed by atoms with Crippen LogP contribution in [0.15, 0.2) is 84.9 Å². The van der Waals surface area contributed by atoms with Crippen LogP contribution in [0.25, 0.3) is 0 Å². The summed E-state index contributed by atoms with van der Waals surface area (Å²) in [5.74, 6) is -0.00990. The number of nitrogens with one attached hydrogen (secondary N) is 1. The molecule has 31 heavy (non-hydrogen) atoms. The van der Waals surface area contributed by atoms with Crippen LogP contribution in [-0.2, 0) is 22.6 Å². The van der Waals surface area contributed by atoms with Crippen LogP contribution in [0, 0.1) is 0 Å². The van der Waals surface area contributed by atoms with Crippen LogP contribution in [0.5, 0.6) is 5.75 Å². The third-order valence-electron chi connectivity index (χ3n) is 4.87. The van der Waals surface area contributed by atoms with Crippen molar-refractivity contribution in [3.8, 4) is 5.75 Å². The van der Waals surface area contributed by atoms with Crippen molar-refractivity contribution in [3.63, 3.8) is 0 Å². The van der Waals surface area contributed by atoms with Crippen LogP contribution in [0.4, 0.5) is 0 Å². The number of rotatable bonds is 9. The van der Waals surface area contributed by atoms with E-state index in [4.69, 9.17) is 16.3 Å². The average molecular weight is 437 g/mol. The molecule has 0 spiro atoms. The minimum absolute atomic E-state index is 0.199. The van der Waals surface area contributed by atoms with Crippen LogP contribution in [-0.4, -0.2) is 36.4 Å². The fourth-order valence-corrected chi connectivity index (χ4v) is 3.47. The molecule has 0 aliphatic heterocycles. The van der Waals surface area contributed by atoms with Crippen molar-refractivity contribution in [1.29, 1.82) is 0 Å². The first kappa shape index (κ1) is 22.4. The summed E-state index contributed by atoms with van der Waals surface area (Å²) >= 11 is 6.00. The Hall–Kier alpha value is -3.31. The number of ether oxygens (including phenoxy) is 1. The predicted molar refractivity (Wildman–Crippen MR) is 122 cm³/mol. The third kappa shape index (κ3) is 6.59. The Kier molecular flexibility index (Phi) is 8.07. The van der Waals surface area contributed by atoms with E-state index in [9.17, 15) is 9.59 Å². The van der Waals surface area contributed by atoms with Crippen LogP contribution in [0.2, 0.25) is 5.02 Å². The van der Waals surface area contributed by atoms with Gasteiger partial charge in [-0.3, -0.25) is 9.59 Å². The third-order valence-corrected chi connectivity index (χ3v) is 5.11. The summed E-state index contributed by atoms with van der Waals surface area (Å²) in [6.45, 7) is 0.0962. The van der Waals surface area contributed by atoms with E-state index in [1.54, 1.807) is 36.2 Å². The normalized spacial score (nSPS) is 11.4. The molecule has 2 amide bonds. The molecule has 0 heterocycles. The zero-order valence-corrected chi connectivity index (χ0v) is 18.1. The maximum Gasteiger partial charge on any atom is 0.261 e. The second kappa shape index (κ2) is 11.2. The first-order valence-corrected chi connectivity index (χ1v) is 10.4. The fourth-order valence-electron chi connectivity index (χ4n) is 3.29. The monoisotopic (exact) mass is 436 g/mol. The molecule has 0 saturated carbocycles. The molecule has 0 unspecified atom stereocenters. The van der Waals surface area contributed by atoms with Gasteiger partial charge in [-0.1, -0.05) is 78.3 Å².